The molecule has 3 heterocycles. The Morgan fingerprint density at radius 1 is 1.25 bits per heavy atom. The molecule has 3 rings (SSSR count). The summed E-state index contributed by atoms with van der Waals surface area (Å²) in [6.07, 6.45) is 4.87. The molecule has 1 N–H and O–H groups in total. The Labute approximate surface area is 170 Å². The van der Waals surface area contributed by atoms with Gasteiger partial charge in [-0.1, -0.05) is 6.07 Å². The van der Waals surface area contributed by atoms with Crippen molar-refractivity contribution < 1.29 is 14.3 Å². The zero-order chi connectivity index (χ0) is 19.9. The second-order valence-corrected chi connectivity index (χ2v) is 7.01. The quantitative estimate of drug-likeness (QED) is 0.510. The number of methoxy groups -OCH3 is 2. The van der Waals surface area contributed by atoms with Crippen molar-refractivity contribution in [2.24, 2.45) is 0 Å². The van der Waals surface area contributed by atoms with Crippen LogP contribution in [0.3, 0.4) is 0 Å². The highest BCUT2D eigenvalue weighted by Gasteiger charge is 2.40. The predicted molar refractivity (Wildman–Crippen MR) is 110 cm³/mol. The molecule has 0 unspecified atom stereocenters. The molecule has 8 heteroatoms. The van der Waals surface area contributed by atoms with E-state index in [1.54, 1.807) is 13.3 Å². The maximum absolute atomic E-state index is 11.5. The van der Waals surface area contributed by atoms with Crippen molar-refractivity contribution in [1.82, 2.24) is 19.8 Å². The Balaban J connectivity index is 1.88. The third-order valence-corrected chi connectivity index (χ3v) is 5.26. The molecule has 7 nitrogen and oxygen atoms in total. The first-order valence-corrected chi connectivity index (χ1v) is 9.75. The number of carbonyl (C=O) groups excluding carboxylic acids is 1. The Morgan fingerprint density at radius 2 is 2.11 bits per heavy atom. The number of rotatable bonds is 9. The fourth-order valence-corrected chi connectivity index (χ4v) is 3.88. The van der Waals surface area contributed by atoms with Crippen LogP contribution in [-0.4, -0.2) is 52.9 Å². The number of nitrogens with one attached hydrogen (secondary N) is 1. The summed E-state index contributed by atoms with van der Waals surface area (Å²) >= 11 is 5.64. The highest BCUT2D eigenvalue weighted by molar-refractivity contribution is 7.80. The van der Waals surface area contributed by atoms with Crippen LogP contribution < -0.4 is 5.32 Å². The minimum absolute atomic E-state index is 0.0214. The van der Waals surface area contributed by atoms with Gasteiger partial charge in [-0.25, -0.2) is 0 Å². The molecule has 0 saturated carbocycles. The van der Waals surface area contributed by atoms with E-state index in [2.05, 4.69) is 32.0 Å². The average Bonchev–Trinajstić information content (AvgIpc) is 3.31. The molecule has 1 fully saturated rings. The van der Waals surface area contributed by atoms with Gasteiger partial charge in [0, 0.05) is 44.7 Å². The van der Waals surface area contributed by atoms with Gasteiger partial charge in [-0.3, -0.25) is 9.78 Å². The summed E-state index contributed by atoms with van der Waals surface area (Å²) < 4.78 is 12.2. The summed E-state index contributed by atoms with van der Waals surface area (Å²) in [5, 5.41) is 4.10. The number of pyridine rings is 1. The number of esters is 1. The van der Waals surface area contributed by atoms with E-state index in [0.717, 1.165) is 17.9 Å². The Bertz CT molecular complexity index is 796. The van der Waals surface area contributed by atoms with Crippen molar-refractivity contribution >= 4 is 23.3 Å². The first-order valence-electron chi connectivity index (χ1n) is 9.34. The second kappa shape index (κ2) is 9.66. The molecular formula is C20H26N4O3S. The van der Waals surface area contributed by atoms with E-state index in [1.165, 1.54) is 7.11 Å². The predicted octanol–water partition coefficient (Wildman–Crippen LogP) is 2.46. The van der Waals surface area contributed by atoms with Crippen LogP contribution in [0.25, 0.3) is 0 Å². The van der Waals surface area contributed by atoms with Crippen LogP contribution in [0.1, 0.15) is 36.3 Å². The lowest BCUT2D eigenvalue weighted by molar-refractivity contribution is -0.140. The SMILES string of the molecule is COCCn1cccc1[C@H]1[C@H](c2ccccn2)NC(=S)N1CCCC(=O)OC. The van der Waals surface area contributed by atoms with E-state index in [4.69, 9.17) is 21.7 Å². The summed E-state index contributed by atoms with van der Waals surface area (Å²) in [7, 11) is 3.11. The Kier molecular flexibility index (Phi) is 7.00. The number of aromatic nitrogens is 2. The van der Waals surface area contributed by atoms with Crippen molar-refractivity contribution in [3.63, 3.8) is 0 Å². The molecule has 0 radical (unpaired) electrons. The molecule has 0 spiro atoms. The van der Waals surface area contributed by atoms with Crippen LogP contribution in [0.5, 0.6) is 0 Å². The zero-order valence-electron chi connectivity index (χ0n) is 16.2. The number of thiocarbonyl (C=S) groups is 1. The largest absolute Gasteiger partial charge is 0.469 e. The highest BCUT2D eigenvalue weighted by atomic mass is 32.1. The normalized spacial score (nSPS) is 18.9. The van der Waals surface area contributed by atoms with Crippen LogP contribution in [0.4, 0.5) is 0 Å². The van der Waals surface area contributed by atoms with Crippen molar-refractivity contribution in [2.45, 2.75) is 31.5 Å². The maximum atomic E-state index is 11.5. The van der Waals surface area contributed by atoms with Gasteiger partial charge in [0.15, 0.2) is 5.11 Å². The summed E-state index contributed by atoms with van der Waals surface area (Å²) in [5.41, 5.74) is 2.07. The standard InChI is InChI=1S/C20H26N4O3S/c1-26-14-13-23-11-5-8-16(23)19-18(15-7-3-4-10-21-15)22-20(28)24(19)12-6-9-17(25)27-2/h3-5,7-8,10-11,18-19H,6,9,12-14H2,1-2H3,(H,22,28)/t18-,19-/m0/s1. The molecule has 1 saturated heterocycles. The third-order valence-electron chi connectivity index (χ3n) is 4.91. The molecule has 2 aromatic heterocycles. The van der Waals surface area contributed by atoms with Gasteiger partial charge in [0.05, 0.1) is 31.5 Å². The molecule has 150 valence electrons. The first-order chi connectivity index (χ1) is 13.7. The molecule has 0 aromatic carbocycles. The van der Waals surface area contributed by atoms with Crippen LogP contribution in [0, 0.1) is 0 Å². The molecule has 1 aliphatic heterocycles. The van der Waals surface area contributed by atoms with Crippen molar-refractivity contribution in [3.8, 4) is 0 Å². The van der Waals surface area contributed by atoms with Crippen LogP contribution >= 0.6 is 12.2 Å². The van der Waals surface area contributed by atoms with E-state index < -0.39 is 0 Å². The topological polar surface area (TPSA) is 68.6 Å². The third kappa shape index (κ3) is 4.51. The van der Waals surface area contributed by atoms with Gasteiger partial charge in [-0.05, 0) is 42.9 Å². The number of ether oxygens (including phenoxy) is 2. The highest BCUT2D eigenvalue weighted by Crippen LogP contribution is 2.38. The van der Waals surface area contributed by atoms with Gasteiger partial charge in [0.25, 0.3) is 0 Å². The van der Waals surface area contributed by atoms with Crippen LogP contribution in [-0.2, 0) is 20.8 Å². The van der Waals surface area contributed by atoms with Gasteiger partial charge in [-0.2, -0.15) is 0 Å². The Morgan fingerprint density at radius 3 is 2.82 bits per heavy atom. The smallest absolute Gasteiger partial charge is 0.305 e. The molecule has 2 atom stereocenters. The van der Waals surface area contributed by atoms with E-state index in [9.17, 15) is 4.79 Å². The van der Waals surface area contributed by atoms with Gasteiger partial charge < -0.3 is 24.3 Å². The number of hydrogen-bond acceptors (Lipinski definition) is 5. The molecule has 28 heavy (non-hydrogen) atoms. The zero-order valence-corrected chi connectivity index (χ0v) is 17.0. The monoisotopic (exact) mass is 402 g/mol. The van der Waals surface area contributed by atoms with Gasteiger partial charge in [-0.15, -0.1) is 0 Å². The van der Waals surface area contributed by atoms with Crippen molar-refractivity contribution in [1.29, 1.82) is 0 Å². The lowest BCUT2D eigenvalue weighted by Gasteiger charge is -2.28. The summed E-state index contributed by atoms with van der Waals surface area (Å²) in [6.45, 7) is 2.04. The second-order valence-electron chi connectivity index (χ2n) is 6.62. The van der Waals surface area contributed by atoms with Gasteiger partial charge >= 0.3 is 5.97 Å². The van der Waals surface area contributed by atoms with Crippen LogP contribution in [0.15, 0.2) is 42.7 Å². The summed E-state index contributed by atoms with van der Waals surface area (Å²) in [5.74, 6) is -0.209. The average molecular weight is 403 g/mol. The number of nitrogens with zero attached hydrogens (tertiary/aromatic N) is 3. The Hall–Kier alpha value is -2.45. The number of hydrogen-bond donors (Lipinski definition) is 1. The minimum atomic E-state index is -0.209. The maximum Gasteiger partial charge on any atom is 0.305 e. The van der Waals surface area contributed by atoms with Gasteiger partial charge in [0.1, 0.15) is 0 Å². The molecule has 0 bridgehead atoms. The fourth-order valence-electron chi connectivity index (χ4n) is 3.55. The van der Waals surface area contributed by atoms with Crippen LogP contribution in [0.2, 0.25) is 0 Å². The summed E-state index contributed by atoms with van der Waals surface area (Å²) in [6, 6.07) is 9.95. The first kappa shape index (κ1) is 20.3. The van der Waals surface area contributed by atoms with E-state index in [-0.39, 0.29) is 18.1 Å². The van der Waals surface area contributed by atoms with E-state index >= 15 is 0 Å². The fraction of sp³-hybridized carbons (Fsp3) is 0.450. The molecule has 0 amide bonds. The van der Waals surface area contributed by atoms with Crippen molar-refractivity contribution in [3.05, 3.63) is 54.1 Å². The number of carbonyl (C=O) groups is 1. The van der Waals surface area contributed by atoms with E-state index in [0.29, 0.717) is 31.1 Å². The van der Waals surface area contributed by atoms with Crippen molar-refractivity contribution in [2.75, 3.05) is 27.4 Å². The minimum Gasteiger partial charge on any atom is -0.469 e. The molecule has 2 aromatic rings. The lowest BCUT2D eigenvalue weighted by Crippen LogP contribution is -2.32. The molecule has 1 aliphatic rings. The lowest BCUT2D eigenvalue weighted by atomic mass is 10.0. The summed E-state index contributed by atoms with van der Waals surface area (Å²) in [4.78, 5) is 18.2. The van der Waals surface area contributed by atoms with Gasteiger partial charge in [0.2, 0.25) is 0 Å². The molecule has 0 aliphatic carbocycles. The van der Waals surface area contributed by atoms with E-state index in [1.807, 2.05) is 24.3 Å². The molecular weight excluding hydrogens is 376 g/mol.